The predicted octanol–water partition coefficient (Wildman–Crippen LogP) is 1.34. The summed E-state index contributed by atoms with van der Waals surface area (Å²) in [7, 11) is 3.60. The van der Waals surface area contributed by atoms with Crippen molar-refractivity contribution in [3.63, 3.8) is 0 Å². The van der Waals surface area contributed by atoms with E-state index < -0.39 is 5.97 Å². The van der Waals surface area contributed by atoms with E-state index in [9.17, 15) is 9.59 Å². The maximum absolute atomic E-state index is 12.5. The summed E-state index contributed by atoms with van der Waals surface area (Å²) in [5.74, 6) is -0.979. The van der Waals surface area contributed by atoms with Crippen LogP contribution >= 0.6 is 0 Å². The lowest BCUT2D eigenvalue weighted by atomic mass is 9.98. The first kappa shape index (κ1) is 15.3. The molecule has 6 heteroatoms. The standard InChI is InChI=1S/C15H21N3O3/c1-16-7-8-17(2)15(21)18-10-11(9-14(19)20)12-5-3-4-6-13(12)18/h3-6,11,16H,7-10H2,1-2H3,(H,19,20). The summed E-state index contributed by atoms with van der Waals surface area (Å²) < 4.78 is 0. The number of aliphatic carboxylic acids is 1. The second-order valence-corrected chi connectivity index (χ2v) is 5.27. The molecule has 1 unspecified atom stereocenters. The van der Waals surface area contributed by atoms with Gasteiger partial charge in [0.2, 0.25) is 0 Å². The molecule has 1 heterocycles. The van der Waals surface area contributed by atoms with Crippen molar-refractivity contribution in [3.8, 4) is 0 Å². The van der Waals surface area contributed by atoms with E-state index in [1.54, 1.807) is 16.8 Å². The van der Waals surface area contributed by atoms with Gasteiger partial charge in [-0.25, -0.2) is 4.79 Å². The average molecular weight is 291 g/mol. The first-order valence-corrected chi connectivity index (χ1v) is 7.02. The van der Waals surface area contributed by atoms with Crippen LogP contribution in [0.25, 0.3) is 0 Å². The number of fused-ring (bicyclic) bond motifs is 1. The zero-order valence-corrected chi connectivity index (χ0v) is 12.4. The van der Waals surface area contributed by atoms with E-state index in [0.29, 0.717) is 13.1 Å². The van der Waals surface area contributed by atoms with Crippen LogP contribution in [-0.4, -0.2) is 55.7 Å². The molecule has 0 aromatic heterocycles. The highest BCUT2D eigenvalue weighted by atomic mass is 16.4. The van der Waals surface area contributed by atoms with Gasteiger partial charge in [-0.3, -0.25) is 9.69 Å². The van der Waals surface area contributed by atoms with Gasteiger partial charge in [0.15, 0.2) is 0 Å². The Morgan fingerprint density at radius 2 is 2.14 bits per heavy atom. The molecule has 2 amide bonds. The van der Waals surface area contributed by atoms with Crippen LogP contribution in [0.2, 0.25) is 0 Å². The van der Waals surface area contributed by atoms with Gasteiger partial charge in [-0.15, -0.1) is 0 Å². The highest BCUT2D eigenvalue weighted by molar-refractivity contribution is 5.95. The molecule has 1 atom stereocenters. The van der Waals surface area contributed by atoms with Crippen LogP contribution in [0.3, 0.4) is 0 Å². The fraction of sp³-hybridized carbons (Fsp3) is 0.467. The van der Waals surface area contributed by atoms with E-state index in [4.69, 9.17) is 5.11 Å². The first-order valence-electron chi connectivity index (χ1n) is 7.02. The van der Waals surface area contributed by atoms with E-state index in [0.717, 1.165) is 17.8 Å². The average Bonchev–Trinajstić information content (AvgIpc) is 2.82. The van der Waals surface area contributed by atoms with Gasteiger partial charge in [0.1, 0.15) is 0 Å². The van der Waals surface area contributed by atoms with Crippen molar-refractivity contribution in [1.82, 2.24) is 10.2 Å². The number of nitrogens with one attached hydrogen (secondary N) is 1. The van der Waals surface area contributed by atoms with Gasteiger partial charge in [-0.1, -0.05) is 18.2 Å². The van der Waals surface area contributed by atoms with Crippen LogP contribution in [0, 0.1) is 0 Å². The van der Waals surface area contributed by atoms with E-state index in [1.165, 1.54) is 0 Å². The third kappa shape index (κ3) is 3.33. The Balaban J connectivity index is 2.18. The first-order chi connectivity index (χ1) is 10.0. The molecule has 0 bridgehead atoms. The van der Waals surface area contributed by atoms with E-state index in [2.05, 4.69) is 5.32 Å². The SMILES string of the molecule is CNCCN(C)C(=O)N1CC(CC(=O)O)c2ccccc21. The minimum Gasteiger partial charge on any atom is -0.481 e. The Bertz CT molecular complexity index is 533. The van der Waals surface area contributed by atoms with Crippen LogP contribution in [0.4, 0.5) is 10.5 Å². The molecule has 0 radical (unpaired) electrons. The number of nitrogens with zero attached hydrogens (tertiary/aromatic N) is 2. The van der Waals surface area contributed by atoms with Crippen LogP contribution in [0.5, 0.6) is 0 Å². The van der Waals surface area contributed by atoms with Crippen molar-refractivity contribution in [2.24, 2.45) is 0 Å². The quantitative estimate of drug-likeness (QED) is 0.858. The number of rotatable bonds is 5. The summed E-state index contributed by atoms with van der Waals surface area (Å²) >= 11 is 0. The number of para-hydroxylation sites is 1. The van der Waals surface area contributed by atoms with E-state index in [1.807, 2.05) is 31.3 Å². The van der Waals surface area contributed by atoms with Crippen molar-refractivity contribution in [2.45, 2.75) is 12.3 Å². The minimum atomic E-state index is -0.840. The molecular weight excluding hydrogens is 270 g/mol. The monoisotopic (exact) mass is 291 g/mol. The Labute approximate surface area is 124 Å². The Morgan fingerprint density at radius 3 is 2.81 bits per heavy atom. The maximum Gasteiger partial charge on any atom is 0.324 e. The lowest BCUT2D eigenvalue weighted by molar-refractivity contribution is -0.137. The highest BCUT2D eigenvalue weighted by Crippen LogP contribution is 2.38. The number of carbonyl (C=O) groups excluding carboxylic acids is 1. The number of amides is 2. The molecular formula is C15H21N3O3. The zero-order valence-electron chi connectivity index (χ0n) is 12.4. The summed E-state index contributed by atoms with van der Waals surface area (Å²) in [6.07, 6.45) is 0.0427. The third-order valence-corrected chi connectivity index (χ3v) is 3.75. The molecule has 1 aliphatic heterocycles. The molecule has 0 saturated carbocycles. The zero-order chi connectivity index (χ0) is 15.4. The number of hydrogen-bond donors (Lipinski definition) is 2. The van der Waals surface area contributed by atoms with E-state index >= 15 is 0 Å². The van der Waals surface area contributed by atoms with Gasteiger partial charge >= 0.3 is 12.0 Å². The molecule has 114 valence electrons. The minimum absolute atomic E-state index is 0.0427. The van der Waals surface area contributed by atoms with Crippen LogP contribution in [0.15, 0.2) is 24.3 Å². The Hall–Kier alpha value is -2.08. The molecule has 2 rings (SSSR count). The molecule has 0 fully saturated rings. The van der Waals surface area contributed by atoms with E-state index in [-0.39, 0.29) is 18.4 Å². The molecule has 21 heavy (non-hydrogen) atoms. The summed E-state index contributed by atoms with van der Waals surface area (Å²) in [5, 5.41) is 12.0. The second kappa shape index (κ2) is 6.58. The number of likely N-dealkylation sites (N-methyl/N-ethyl adjacent to an activating group) is 2. The van der Waals surface area contributed by atoms with Crippen molar-refractivity contribution in [3.05, 3.63) is 29.8 Å². The predicted molar refractivity (Wildman–Crippen MR) is 80.7 cm³/mol. The Morgan fingerprint density at radius 1 is 1.43 bits per heavy atom. The largest absolute Gasteiger partial charge is 0.481 e. The van der Waals surface area contributed by atoms with Gasteiger partial charge in [0.05, 0.1) is 6.42 Å². The summed E-state index contributed by atoms with van der Waals surface area (Å²) in [6.45, 7) is 1.75. The molecule has 0 saturated heterocycles. The summed E-state index contributed by atoms with van der Waals surface area (Å²) in [4.78, 5) is 26.8. The topological polar surface area (TPSA) is 72.9 Å². The maximum atomic E-state index is 12.5. The Kier molecular flexibility index (Phi) is 4.80. The number of urea groups is 1. The van der Waals surface area contributed by atoms with Crippen molar-refractivity contribution >= 4 is 17.7 Å². The second-order valence-electron chi connectivity index (χ2n) is 5.27. The normalized spacial score (nSPS) is 16.7. The molecule has 1 aliphatic rings. The van der Waals surface area contributed by atoms with Crippen molar-refractivity contribution < 1.29 is 14.7 Å². The number of benzene rings is 1. The van der Waals surface area contributed by atoms with Gasteiger partial charge in [-0.2, -0.15) is 0 Å². The highest BCUT2D eigenvalue weighted by Gasteiger charge is 2.34. The molecule has 6 nitrogen and oxygen atoms in total. The van der Waals surface area contributed by atoms with Gasteiger partial charge < -0.3 is 15.3 Å². The third-order valence-electron chi connectivity index (χ3n) is 3.75. The van der Waals surface area contributed by atoms with Gasteiger partial charge in [-0.05, 0) is 18.7 Å². The smallest absolute Gasteiger partial charge is 0.324 e. The van der Waals surface area contributed by atoms with Crippen molar-refractivity contribution in [1.29, 1.82) is 0 Å². The lowest BCUT2D eigenvalue weighted by Crippen LogP contribution is -2.43. The fourth-order valence-electron chi connectivity index (χ4n) is 2.64. The van der Waals surface area contributed by atoms with Gasteiger partial charge in [0, 0.05) is 38.3 Å². The molecule has 2 N–H and O–H groups in total. The number of carbonyl (C=O) groups is 2. The van der Waals surface area contributed by atoms with Crippen LogP contribution in [0.1, 0.15) is 17.9 Å². The summed E-state index contributed by atoms with van der Waals surface area (Å²) in [6, 6.07) is 7.44. The lowest BCUT2D eigenvalue weighted by Gasteiger charge is -2.25. The number of carboxylic acid groups (broad SMARTS) is 1. The van der Waals surface area contributed by atoms with Crippen molar-refractivity contribution in [2.75, 3.05) is 38.6 Å². The van der Waals surface area contributed by atoms with Crippen LogP contribution in [-0.2, 0) is 4.79 Å². The van der Waals surface area contributed by atoms with Gasteiger partial charge in [0.25, 0.3) is 0 Å². The molecule has 0 spiro atoms. The summed E-state index contributed by atoms with van der Waals surface area (Å²) in [5.41, 5.74) is 1.76. The molecule has 1 aromatic rings. The number of anilines is 1. The number of hydrogen-bond acceptors (Lipinski definition) is 3. The molecule has 0 aliphatic carbocycles. The fourth-order valence-corrected chi connectivity index (χ4v) is 2.64. The van der Waals surface area contributed by atoms with Crippen LogP contribution < -0.4 is 10.2 Å². The molecule has 1 aromatic carbocycles. The number of carboxylic acids is 1.